The Bertz CT molecular complexity index is 1260. The topological polar surface area (TPSA) is 69.2 Å². The summed E-state index contributed by atoms with van der Waals surface area (Å²) in [4.78, 5) is 19.7. The third-order valence-corrected chi connectivity index (χ3v) is 7.96. The molecule has 1 aliphatic rings. The number of carbonyl (C=O) groups excluding carboxylic acids is 1. The van der Waals surface area contributed by atoms with Gasteiger partial charge < -0.3 is 19.5 Å². The van der Waals surface area contributed by atoms with Gasteiger partial charge in [-0.1, -0.05) is 26.8 Å². The average Bonchev–Trinajstić information content (AvgIpc) is 3.24. The molecule has 4 rings (SSSR count). The zero-order chi connectivity index (χ0) is 25.9. The Labute approximate surface area is 217 Å². The Morgan fingerprint density at radius 1 is 1.06 bits per heavy atom. The molecule has 36 heavy (non-hydrogen) atoms. The molecular weight excluding hydrogens is 472 g/mol. The largest absolute Gasteiger partial charge is 0.497 e. The summed E-state index contributed by atoms with van der Waals surface area (Å²) < 4.78 is 16.2. The van der Waals surface area contributed by atoms with Gasteiger partial charge >= 0.3 is 0 Å². The maximum atomic E-state index is 13.6. The van der Waals surface area contributed by atoms with E-state index in [2.05, 4.69) is 26.1 Å². The predicted octanol–water partition coefficient (Wildman–Crippen LogP) is 6.93. The fourth-order valence-electron chi connectivity index (χ4n) is 4.65. The number of hydrogen-bond donors (Lipinski definition) is 1. The van der Waals surface area contributed by atoms with Gasteiger partial charge in [0.25, 0.3) is 5.91 Å². The highest BCUT2D eigenvalue weighted by molar-refractivity contribution is 7.16. The number of carbonyl (C=O) groups is 1. The quantitative estimate of drug-likeness (QED) is 0.353. The van der Waals surface area contributed by atoms with E-state index >= 15 is 0 Å². The summed E-state index contributed by atoms with van der Waals surface area (Å²) in [6, 6.07) is 13.0. The molecule has 0 saturated carbocycles. The minimum absolute atomic E-state index is 0.142. The number of rotatable bonds is 7. The maximum Gasteiger partial charge on any atom is 0.259 e. The Morgan fingerprint density at radius 2 is 1.81 bits per heavy atom. The fraction of sp³-hybridized carbons (Fsp3) is 0.379. The summed E-state index contributed by atoms with van der Waals surface area (Å²) >= 11 is 1.62. The summed E-state index contributed by atoms with van der Waals surface area (Å²) in [6.45, 7) is 6.88. The molecule has 0 aliphatic heterocycles. The standard InChI is InChI=1S/C29H34N2O4S/c1-29(2,3)19-10-15-22-24(16-19)36-28(30-17-18-8-7-9-23(34-5)26(18)35-6)25(22)27(32)31-20-11-13-21(33-4)14-12-20/h7-9,11-14,17,19H,10,15-16H2,1-6H3,(H,31,32)/b30-17+. The van der Waals surface area contributed by atoms with Crippen molar-refractivity contribution in [3.63, 3.8) is 0 Å². The minimum Gasteiger partial charge on any atom is -0.497 e. The van der Waals surface area contributed by atoms with Crippen molar-refractivity contribution in [2.75, 3.05) is 26.6 Å². The van der Waals surface area contributed by atoms with Gasteiger partial charge in [-0.3, -0.25) is 4.79 Å². The number of aliphatic imine (C=N–C) groups is 1. The highest BCUT2D eigenvalue weighted by atomic mass is 32.1. The van der Waals surface area contributed by atoms with Crippen molar-refractivity contribution in [1.29, 1.82) is 0 Å². The molecule has 1 heterocycles. The summed E-state index contributed by atoms with van der Waals surface area (Å²) in [7, 11) is 4.84. The first-order valence-electron chi connectivity index (χ1n) is 12.1. The number of nitrogens with zero attached hydrogens (tertiary/aromatic N) is 1. The molecule has 0 fully saturated rings. The van der Waals surface area contributed by atoms with Gasteiger partial charge in [0.1, 0.15) is 10.8 Å². The van der Waals surface area contributed by atoms with Gasteiger partial charge in [0, 0.05) is 22.3 Å². The summed E-state index contributed by atoms with van der Waals surface area (Å²) in [5.41, 5.74) is 3.50. The molecule has 1 amide bonds. The zero-order valence-electron chi connectivity index (χ0n) is 21.8. The maximum absolute atomic E-state index is 13.6. The number of fused-ring (bicyclic) bond motifs is 1. The molecule has 1 aliphatic carbocycles. The summed E-state index contributed by atoms with van der Waals surface area (Å²) in [5.74, 6) is 2.42. The smallest absolute Gasteiger partial charge is 0.259 e. The molecule has 2 aromatic carbocycles. The second-order valence-electron chi connectivity index (χ2n) is 10.0. The molecule has 1 N–H and O–H groups in total. The Morgan fingerprint density at radius 3 is 2.44 bits per heavy atom. The number of thiophene rings is 1. The highest BCUT2D eigenvalue weighted by Gasteiger charge is 2.33. The lowest BCUT2D eigenvalue weighted by Crippen LogP contribution is -2.27. The molecular formula is C29H34N2O4S. The Hall–Kier alpha value is -3.32. The van der Waals surface area contributed by atoms with Gasteiger partial charge in [0.15, 0.2) is 11.5 Å². The number of methoxy groups -OCH3 is 3. The van der Waals surface area contributed by atoms with Crippen molar-refractivity contribution >= 4 is 34.1 Å². The van der Waals surface area contributed by atoms with Crippen molar-refractivity contribution in [2.45, 2.75) is 40.0 Å². The molecule has 7 heteroatoms. The second-order valence-corrected chi connectivity index (χ2v) is 11.1. The molecule has 1 unspecified atom stereocenters. The zero-order valence-corrected chi connectivity index (χ0v) is 22.6. The highest BCUT2D eigenvalue weighted by Crippen LogP contribution is 2.45. The first-order valence-corrected chi connectivity index (χ1v) is 12.9. The molecule has 3 aromatic rings. The lowest BCUT2D eigenvalue weighted by molar-refractivity contribution is 0.102. The number of nitrogens with one attached hydrogen (secondary N) is 1. The van der Waals surface area contributed by atoms with Gasteiger partial charge in [0.05, 0.1) is 26.9 Å². The van der Waals surface area contributed by atoms with Gasteiger partial charge in [-0.15, -0.1) is 11.3 Å². The van der Waals surface area contributed by atoms with Crippen molar-refractivity contribution in [3.8, 4) is 17.2 Å². The SMILES string of the molecule is COc1ccc(NC(=O)c2c(/N=C/c3cccc(OC)c3OC)sc3c2CCC(C(C)(C)C)C3)cc1. The monoisotopic (exact) mass is 506 g/mol. The summed E-state index contributed by atoms with van der Waals surface area (Å²) in [5, 5.41) is 3.77. The molecule has 0 spiro atoms. The van der Waals surface area contributed by atoms with E-state index in [4.69, 9.17) is 19.2 Å². The lowest BCUT2D eigenvalue weighted by atomic mass is 9.72. The van der Waals surface area contributed by atoms with E-state index < -0.39 is 0 Å². The van der Waals surface area contributed by atoms with Crippen LogP contribution in [0.25, 0.3) is 0 Å². The molecule has 6 nitrogen and oxygen atoms in total. The number of hydrogen-bond acceptors (Lipinski definition) is 6. The van der Waals surface area contributed by atoms with Crippen LogP contribution in [-0.2, 0) is 12.8 Å². The van der Waals surface area contributed by atoms with Crippen LogP contribution in [0.5, 0.6) is 17.2 Å². The number of para-hydroxylation sites is 1. The molecule has 1 aromatic heterocycles. The lowest BCUT2D eigenvalue weighted by Gasteiger charge is -2.33. The van der Waals surface area contributed by atoms with E-state index in [1.165, 1.54) is 4.88 Å². The molecule has 0 saturated heterocycles. The predicted molar refractivity (Wildman–Crippen MR) is 147 cm³/mol. The number of anilines is 1. The van der Waals surface area contributed by atoms with E-state index in [0.717, 1.165) is 36.1 Å². The van der Waals surface area contributed by atoms with Crippen molar-refractivity contribution in [2.24, 2.45) is 16.3 Å². The van der Waals surface area contributed by atoms with E-state index in [1.807, 2.05) is 42.5 Å². The van der Waals surface area contributed by atoms with Crippen LogP contribution in [0.15, 0.2) is 47.5 Å². The number of ether oxygens (including phenoxy) is 3. The Balaban J connectivity index is 1.72. The van der Waals surface area contributed by atoms with Crippen LogP contribution in [0.3, 0.4) is 0 Å². The normalized spacial score (nSPS) is 15.4. The van der Waals surface area contributed by atoms with Gasteiger partial charge in [-0.2, -0.15) is 0 Å². The van der Waals surface area contributed by atoms with Gasteiger partial charge in [-0.25, -0.2) is 4.99 Å². The fourth-order valence-corrected chi connectivity index (χ4v) is 5.91. The average molecular weight is 507 g/mol. The Kier molecular flexibility index (Phi) is 7.69. The van der Waals surface area contributed by atoms with Crippen LogP contribution >= 0.6 is 11.3 Å². The third-order valence-electron chi connectivity index (χ3n) is 6.80. The minimum atomic E-state index is -0.142. The second kappa shape index (κ2) is 10.7. The molecule has 190 valence electrons. The van der Waals surface area contributed by atoms with Crippen molar-refractivity contribution in [3.05, 3.63) is 64.0 Å². The van der Waals surface area contributed by atoms with E-state index in [0.29, 0.717) is 33.7 Å². The molecule has 1 atom stereocenters. The van der Waals surface area contributed by atoms with Crippen LogP contribution in [0.1, 0.15) is 53.6 Å². The van der Waals surface area contributed by atoms with Crippen molar-refractivity contribution in [1.82, 2.24) is 0 Å². The van der Waals surface area contributed by atoms with E-state index in [-0.39, 0.29) is 11.3 Å². The van der Waals surface area contributed by atoms with Crippen LogP contribution in [0.4, 0.5) is 10.7 Å². The first-order chi connectivity index (χ1) is 17.2. The van der Waals surface area contributed by atoms with E-state index in [9.17, 15) is 4.79 Å². The van der Waals surface area contributed by atoms with E-state index in [1.54, 1.807) is 38.9 Å². The van der Waals surface area contributed by atoms with Crippen LogP contribution in [0.2, 0.25) is 0 Å². The first kappa shape index (κ1) is 25.8. The van der Waals surface area contributed by atoms with Crippen LogP contribution in [0, 0.1) is 11.3 Å². The number of benzene rings is 2. The van der Waals surface area contributed by atoms with Crippen LogP contribution < -0.4 is 19.5 Å². The van der Waals surface area contributed by atoms with Gasteiger partial charge in [-0.05, 0) is 72.6 Å². The molecule has 0 radical (unpaired) electrons. The van der Waals surface area contributed by atoms with Gasteiger partial charge in [0.2, 0.25) is 0 Å². The molecule has 0 bridgehead atoms. The summed E-state index contributed by atoms with van der Waals surface area (Å²) in [6.07, 6.45) is 4.65. The van der Waals surface area contributed by atoms with Crippen molar-refractivity contribution < 1.29 is 19.0 Å². The number of amides is 1. The van der Waals surface area contributed by atoms with Crippen LogP contribution in [-0.4, -0.2) is 33.5 Å². The third kappa shape index (κ3) is 5.41.